The fourth-order valence-electron chi connectivity index (χ4n) is 2.41. The van der Waals surface area contributed by atoms with E-state index in [1.54, 1.807) is 4.31 Å². The normalized spacial score (nSPS) is 19.6. The number of anilines is 1. The summed E-state index contributed by atoms with van der Waals surface area (Å²) in [7, 11) is -3.57. The summed E-state index contributed by atoms with van der Waals surface area (Å²) < 4.78 is 40.6. The van der Waals surface area contributed by atoms with Crippen LogP contribution < -0.4 is 5.73 Å². The molecule has 20 heavy (non-hydrogen) atoms. The van der Waals surface area contributed by atoms with Crippen LogP contribution in [0.15, 0.2) is 17.0 Å². The lowest BCUT2D eigenvalue weighted by molar-refractivity contribution is 0.388. The SMILES string of the molecule is Cc1cc(S(=O)(=O)N(CC2CC2)C2CC2)cc(N)c1F. The Bertz CT molecular complexity index is 614. The summed E-state index contributed by atoms with van der Waals surface area (Å²) in [5.74, 6) is -0.0478. The Morgan fingerprint density at radius 3 is 2.45 bits per heavy atom. The smallest absolute Gasteiger partial charge is 0.243 e. The second-order valence-corrected chi connectivity index (χ2v) is 7.78. The van der Waals surface area contributed by atoms with Crippen molar-refractivity contribution in [2.45, 2.75) is 43.5 Å². The molecule has 0 unspecified atom stereocenters. The Balaban J connectivity index is 1.96. The summed E-state index contributed by atoms with van der Waals surface area (Å²) in [4.78, 5) is 0.112. The topological polar surface area (TPSA) is 63.4 Å². The van der Waals surface area contributed by atoms with Crippen molar-refractivity contribution in [3.05, 3.63) is 23.5 Å². The number of hydrogen-bond donors (Lipinski definition) is 1. The molecule has 0 saturated heterocycles. The predicted octanol–water partition coefficient (Wildman–Crippen LogP) is 2.28. The van der Waals surface area contributed by atoms with E-state index < -0.39 is 15.8 Å². The maximum atomic E-state index is 13.6. The number of benzene rings is 1. The van der Waals surface area contributed by atoms with Gasteiger partial charge in [-0.15, -0.1) is 0 Å². The summed E-state index contributed by atoms with van der Waals surface area (Å²) in [5.41, 5.74) is 5.73. The number of hydrogen-bond acceptors (Lipinski definition) is 3. The highest BCUT2D eigenvalue weighted by Crippen LogP contribution is 2.38. The van der Waals surface area contributed by atoms with Crippen LogP contribution in [0.5, 0.6) is 0 Å². The van der Waals surface area contributed by atoms with Crippen molar-refractivity contribution in [3.63, 3.8) is 0 Å². The molecule has 0 spiro atoms. The highest BCUT2D eigenvalue weighted by atomic mass is 32.2. The third kappa shape index (κ3) is 2.54. The van der Waals surface area contributed by atoms with Crippen molar-refractivity contribution in [1.29, 1.82) is 0 Å². The molecule has 3 rings (SSSR count). The minimum Gasteiger partial charge on any atom is -0.396 e. The van der Waals surface area contributed by atoms with Crippen molar-refractivity contribution in [2.75, 3.05) is 12.3 Å². The number of nitrogens with two attached hydrogens (primary N) is 1. The molecule has 1 aromatic rings. The molecule has 0 radical (unpaired) electrons. The van der Waals surface area contributed by atoms with Gasteiger partial charge in [0.05, 0.1) is 10.6 Å². The third-order valence-electron chi connectivity index (χ3n) is 3.95. The molecule has 0 amide bonds. The van der Waals surface area contributed by atoms with Crippen LogP contribution >= 0.6 is 0 Å². The van der Waals surface area contributed by atoms with E-state index in [2.05, 4.69) is 0 Å². The molecule has 0 aliphatic heterocycles. The van der Waals surface area contributed by atoms with Crippen LogP contribution in [0.25, 0.3) is 0 Å². The molecule has 2 fully saturated rings. The summed E-state index contributed by atoms with van der Waals surface area (Å²) in [6.07, 6.45) is 4.04. The van der Waals surface area contributed by atoms with Crippen molar-refractivity contribution >= 4 is 15.7 Å². The minimum absolute atomic E-state index is 0.106. The van der Waals surface area contributed by atoms with Gasteiger partial charge in [-0.2, -0.15) is 4.31 Å². The van der Waals surface area contributed by atoms with Gasteiger partial charge >= 0.3 is 0 Å². The average Bonchev–Trinajstić information content (AvgIpc) is 3.25. The average molecular weight is 298 g/mol. The zero-order valence-corrected chi connectivity index (χ0v) is 12.3. The van der Waals surface area contributed by atoms with Crippen LogP contribution in [0.3, 0.4) is 0 Å². The molecule has 4 nitrogen and oxygen atoms in total. The van der Waals surface area contributed by atoms with E-state index in [0.29, 0.717) is 12.5 Å². The van der Waals surface area contributed by atoms with Gasteiger partial charge < -0.3 is 5.73 Å². The first kappa shape index (κ1) is 13.8. The number of nitrogens with zero attached hydrogens (tertiary/aromatic N) is 1. The van der Waals surface area contributed by atoms with E-state index in [-0.39, 0.29) is 22.2 Å². The first-order chi connectivity index (χ1) is 9.39. The first-order valence-corrected chi connectivity index (χ1v) is 8.41. The van der Waals surface area contributed by atoms with Gasteiger partial charge in [-0.1, -0.05) is 0 Å². The molecule has 0 heterocycles. The summed E-state index contributed by atoms with van der Waals surface area (Å²) in [6, 6.07) is 2.73. The van der Waals surface area contributed by atoms with E-state index >= 15 is 0 Å². The summed E-state index contributed by atoms with van der Waals surface area (Å²) >= 11 is 0. The molecule has 0 aromatic heterocycles. The van der Waals surface area contributed by atoms with Gasteiger partial charge in [0, 0.05) is 12.6 Å². The van der Waals surface area contributed by atoms with Crippen LogP contribution in [-0.2, 0) is 10.0 Å². The highest BCUT2D eigenvalue weighted by Gasteiger charge is 2.41. The lowest BCUT2D eigenvalue weighted by Crippen LogP contribution is -2.35. The number of aryl methyl sites for hydroxylation is 1. The standard InChI is InChI=1S/C14H19FN2O2S/c1-9-6-12(7-13(16)14(9)15)20(18,19)17(11-4-5-11)8-10-2-3-10/h6-7,10-11H,2-5,8,16H2,1H3. The van der Waals surface area contributed by atoms with Gasteiger partial charge in [-0.3, -0.25) is 0 Å². The monoisotopic (exact) mass is 298 g/mol. The molecular weight excluding hydrogens is 279 g/mol. The Kier molecular flexibility index (Phi) is 3.25. The van der Waals surface area contributed by atoms with E-state index in [9.17, 15) is 12.8 Å². The van der Waals surface area contributed by atoms with Gasteiger partial charge in [0.2, 0.25) is 10.0 Å². The van der Waals surface area contributed by atoms with Crippen LogP contribution in [0, 0.1) is 18.7 Å². The predicted molar refractivity (Wildman–Crippen MR) is 75.2 cm³/mol. The molecule has 0 bridgehead atoms. The summed E-state index contributed by atoms with van der Waals surface area (Å²) in [5, 5.41) is 0. The molecule has 110 valence electrons. The fourth-order valence-corrected chi connectivity index (χ4v) is 4.29. The van der Waals surface area contributed by atoms with Crippen molar-refractivity contribution in [1.82, 2.24) is 4.31 Å². The van der Waals surface area contributed by atoms with Crippen molar-refractivity contribution < 1.29 is 12.8 Å². The van der Waals surface area contributed by atoms with Gasteiger partial charge in [0.1, 0.15) is 5.82 Å². The second kappa shape index (κ2) is 4.70. The van der Waals surface area contributed by atoms with E-state index in [1.807, 2.05) is 0 Å². The highest BCUT2D eigenvalue weighted by molar-refractivity contribution is 7.89. The first-order valence-electron chi connectivity index (χ1n) is 6.97. The zero-order chi connectivity index (χ0) is 14.5. The largest absolute Gasteiger partial charge is 0.396 e. The number of sulfonamides is 1. The van der Waals surface area contributed by atoms with Crippen LogP contribution in [0.1, 0.15) is 31.2 Å². The Morgan fingerprint density at radius 1 is 1.30 bits per heavy atom. The molecule has 0 atom stereocenters. The molecule has 6 heteroatoms. The maximum absolute atomic E-state index is 13.6. The molecule has 2 N–H and O–H groups in total. The van der Waals surface area contributed by atoms with Gasteiger partial charge in [0.15, 0.2) is 0 Å². The molecule has 1 aromatic carbocycles. The Hall–Kier alpha value is -1.14. The van der Waals surface area contributed by atoms with Crippen molar-refractivity contribution in [3.8, 4) is 0 Å². The Morgan fingerprint density at radius 2 is 1.95 bits per heavy atom. The molecule has 2 aliphatic rings. The maximum Gasteiger partial charge on any atom is 0.243 e. The Labute approximate surface area is 118 Å². The van der Waals surface area contributed by atoms with Crippen LogP contribution in [0.4, 0.5) is 10.1 Å². The van der Waals surface area contributed by atoms with Gasteiger partial charge in [-0.25, -0.2) is 12.8 Å². The molecule has 2 saturated carbocycles. The van der Waals surface area contributed by atoms with Crippen LogP contribution in [-0.4, -0.2) is 25.3 Å². The number of nitrogen functional groups attached to an aromatic ring is 1. The molecular formula is C14H19FN2O2S. The number of halogens is 1. The van der Waals surface area contributed by atoms with E-state index in [0.717, 1.165) is 25.7 Å². The molecule has 2 aliphatic carbocycles. The number of rotatable bonds is 5. The van der Waals surface area contributed by atoms with E-state index in [1.165, 1.54) is 19.1 Å². The fraction of sp³-hybridized carbons (Fsp3) is 0.571. The lowest BCUT2D eigenvalue weighted by Gasteiger charge is -2.22. The lowest BCUT2D eigenvalue weighted by atomic mass is 10.2. The van der Waals surface area contributed by atoms with Gasteiger partial charge in [-0.05, 0) is 56.2 Å². The van der Waals surface area contributed by atoms with Crippen molar-refractivity contribution in [2.24, 2.45) is 5.92 Å². The minimum atomic E-state index is -3.57. The van der Waals surface area contributed by atoms with Gasteiger partial charge in [0.25, 0.3) is 0 Å². The zero-order valence-electron chi connectivity index (χ0n) is 11.5. The quantitative estimate of drug-likeness (QED) is 0.848. The summed E-state index contributed by atoms with van der Waals surface area (Å²) in [6.45, 7) is 2.12. The van der Waals surface area contributed by atoms with E-state index in [4.69, 9.17) is 5.73 Å². The third-order valence-corrected chi connectivity index (χ3v) is 5.85. The second-order valence-electron chi connectivity index (χ2n) is 5.89. The van der Waals surface area contributed by atoms with Crippen LogP contribution in [0.2, 0.25) is 0 Å².